The van der Waals surface area contributed by atoms with Gasteiger partial charge in [0.2, 0.25) is 5.01 Å². The normalized spacial score (nSPS) is 26.0. The van der Waals surface area contributed by atoms with Gasteiger partial charge in [0.25, 0.3) is 11.1 Å². The van der Waals surface area contributed by atoms with E-state index in [-0.39, 0.29) is 11.9 Å². The molecular formula is C16H18N4O2S. The molecule has 3 aliphatic heterocycles. The number of carbonyl (C=O) groups is 1. The molecule has 0 spiro atoms. The molecule has 1 N–H and O–H groups in total. The Morgan fingerprint density at radius 2 is 2.00 bits per heavy atom. The lowest BCUT2D eigenvalue weighted by atomic mass is 9.84. The second-order valence-corrected chi connectivity index (χ2v) is 6.95. The van der Waals surface area contributed by atoms with E-state index in [1.165, 1.54) is 24.2 Å². The summed E-state index contributed by atoms with van der Waals surface area (Å²) in [7, 11) is 0. The van der Waals surface area contributed by atoms with Gasteiger partial charge in [0, 0.05) is 12.6 Å². The first-order valence-electron chi connectivity index (χ1n) is 7.87. The Labute approximate surface area is 138 Å². The van der Waals surface area contributed by atoms with Crippen molar-refractivity contribution in [1.29, 1.82) is 0 Å². The van der Waals surface area contributed by atoms with E-state index in [0.29, 0.717) is 21.9 Å². The van der Waals surface area contributed by atoms with Crippen molar-refractivity contribution >= 4 is 17.2 Å². The molecule has 5 rings (SSSR count). The van der Waals surface area contributed by atoms with Crippen molar-refractivity contribution in [1.82, 2.24) is 20.4 Å². The van der Waals surface area contributed by atoms with Gasteiger partial charge in [-0.1, -0.05) is 23.3 Å². The maximum atomic E-state index is 12.4. The van der Waals surface area contributed by atoms with Crippen LogP contribution in [-0.2, 0) is 0 Å². The van der Waals surface area contributed by atoms with Gasteiger partial charge in [-0.3, -0.25) is 4.79 Å². The molecule has 1 amide bonds. The number of amides is 1. The van der Waals surface area contributed by atoms with Gasteiger partial charge in [-0.05, 0) is 55.3 Å². The van der Waals surface area contributed by atoms with E-state index >= 15 is 0 Å². The number of carbonyl (C=O) groups excluding carboxylic acids is 1. The third-order valence-corrected chi connectivity index (χ3v) is 5.32. The summed E-state index contributed by atoms with van der Waals surface area (Å²) in [6.45, 7) is 3.26. The van der Waals surface area contributed by atoms with Crippen LogP contribution in [0.3, 0.4) is 0 Å². The van der Waals surface area contributed by atoms with Crippen molar-refractivity contribution in [3.63, 3.8) is 0 Å². The van der Waals surface area contributed by atoms with E-state index in [4.69, 9.17) is 4.74 Å². The van der Waals surface area contributed by atoms with Crippen LogP contribution in [0.5, 0.6) is 10.9 Å². The van der Waals surface area contributed by atoms with Crippen molar-refractivity contribution in [2.75, 3.05) is 19.6 Å². The Morgan fingerprint density at radius 1 is 1.22 bits per heavy atom. The summed E-state index contributed by atoms with van der Waals surface area (Å²) in [6.07, 6.45) is 2.34. The molecule has 4 heterocycles. The highest BCUT2D eigenvalue weighted by molar-refractivity contribution is 7.15. The van der Waals surface area contributed by atoms with E-state index < -0.39 is 0 Å². The number of piperidine rings is 3. The predicted octanol–water partition coefficient (Wildman–Crippen LogP) is 2.15. The number of rotatable bonds is 4. The maximum absolute atomic E-state index is 12.4. The molecule has 1 atom stereocenters. The lowest BCUT2D eigenvalue weighted by molar-refractivity contribution is 0.0620. The fourth-order valence-electron chi connectivity index (χ4n) is 3.29. The Balaban J connectivity index is 1.39. The molecule has 2 aromatic rings. The summed E-state index contributed by atoms with van der Waals surface area (Å²) in [5.41, 5.74) is 0. The van der Waals surface area contributed by atoms with E-state index in [2.05, 4.69) is 20.4 Å². The standard InChI is InChI=1S/C16H18N4O2S/c21-14(17-13-10-20-8-6-11(13)7-9-20)15-18-19-16(23-15)22-12-4-2-1-3-5-12/h1-5,11,13H,6-10H2,(H,17,21). The first kappa shape index (κ1) is 14.6. The van der Waals surface area contributed by atoms with Crippen LogP contribution in [0.2, 0.25) is 0 Å². The van der Waals surface area contributed by atoms with Crippen molar-refractivity contribution in [2.24, 2.45) is 5.92 Å². The number of hydrogen-bond donors (Lipinski definition) is 1. The molecule has 0 radical (unpaired) electrons. The van der Waals surface area contributed by atoms with Crippen LogP contribution >= 0.6 is 11.3 Å². The fraction of sp³-hybridized carbons (Fsp3) is 0.438. The minimum atomic E-state index is -0.149. The van der Waals surface area contributed by atoms with Crippen LogP contribution in [0.25, 0.3) is 0 Å². The van der Waals surface area contributed by atoms with Crippen LogP contribution in [0.4, 0.5) is 0 Å². The van der Waals surface area contributed by atoms with Gasteiger partial charge in [-0.2, -0.15) is 0 Å². The lowest BCUT2D eigenvalue weighted by Crippen LogP contribution is -2.57. The molecule has 3 saturated heterocycles. The van der Waals surface area contributed by atoms with Gasteiger partial charge in [-0.15, -0.1) is 5.10 Å². The maximum Gasteiger partial charge on any atom is 0.300 e. The van der Waals surface area contributed by atoms with Gasteiger partial charge in [0.15, 0.2) is 0 Å². The van der Waals surface area contributed by atoms with Gasteiger partial charge < -0.3 is 15.0 Å². The number of aromatic nitrogens is 2. The summed E-state index contributed by atoms with van der Waals surface area (Å²) < 4.78 is 5.61. The number of benzene rings is 1. The van der Waals surface area contributed by atoms with Gasteiger partial charge in [0.1, 0.15) is 5.75 Å². The zero-order chi connectivity index (χ0) is 15.6. The zero-order valence-corrected chi connectivity index (χ0v) is 13.5. The van der Waals surface area contributed by atoms with Crippen molar-refractivity contribution in [2.45, 2.75) is 18.9 Å². The summed E-state index contributed by atoms with van der Waals surface area (Å²) in [4.78, 5) is 14.8. The molecule has 0 saturated carbocycles. The average Bonchev–Trinajstić information content (AvgIpc) is 3.05. The lowest BCUT2D eigenvalue weighted by Gasteiger charge is -2.44. The van der Waals surface area contributed by atoms with Crippen molar-refractivity contribution in [3.05, 3.63) is 35.3 Å². The van der Waals surface area contributed by atoms with Gasteiger partial charge in [0.05, 0.1) is 0 Å². The highest BCUT2D eigenvalue weighted by atomic mass is 32.1. The number of fused-ring (bicyclic) bond motifs is 3. The van der Waals surface area contributed by atoms with Crippen LogP contribution in [0.1, 0.15) is 22.6 Å². The molecule has 7 heteroatoms. The highest BCUT2D eigenvalue weighted by Gasteiger charge is 2.35. The number of nitrogens with one attached hydrogen (secondary N) is 1. The second-order valence-electron chi connectivity index (χ2n) is 6.01. The molecule has 2 bridgehead atoms. The summed E-state index contributed by atoms with van der Waals surface area (Å²) >= 11 is 1.17. The van der Waals surface area contributed by atoms with Crippen LogP contribution in [0, 0.1) is 5.92 Å². The fourth-order valence-corrected chi connectivity index (χ4v) is 3.91. The Morgan fingerprint density at radius 3 is 2.70 bits per heavy atom. The zero-order valence-electron chi connectivity index (χ0n) is 12.6. The quantitative estimate of drug-likeness (QED) is 0.930. The molecule has 1 aromatic carbocycles. The second kappa shape index (κ2) is 6.25. The third-order valence-electron chi connectivity index (χ3n) is 4.52. The van der Waals surface area contributed by atoms with Crippen LogP contribution in [0.15, 0.2) is 30.3 Å². The molecule has 1 unspecified atom stereocenters. The first-order valence-corrected chi connectivity index (χ1v) is 8.69. The third kappa shape index (κ3) is 3.20. The molecule has 120 valence electrons. The van der Waals surface area contributed by atoms with E-state index in [9.17, 15) is 4.79 Å². The summed E-state index contributed by atoms with van der Waals surface area (Å²) in [5.74, 6) is 1.13. The van der Waals surface area contributed by atoms with Crippen molar-refractivity contribution < 1.29 is 9.53 Å². The van der Waals surface area contributed by atoms with Crippen LogP contribution < -0.4 is 10.1 Å². The minimum Gasteiger partial charge on any atom is -0.430 e. The molecular weight excluding hydrogens is 312 g/mol. The molecule has 1 aromatic heterocycles. The van der Waals surface area contributed by atoms with E-state index in [0.717, 1.165) is 19.6 Å². The van der Waals surface area contributed by atoms with Crippen LogP contribution in [-0.4, -0.2) is 46.7 Å². The highest BCUT2D eigenvalue weighted by Crippen LogP contribution is 2.28. The average molecular weight is 330 g/mol. The van der Waals surface area contributed by atoms with Gasteiger partial charge >= 0.3 is 0 Å². The Kier molecular flexibility index (Phi) is 3.97. The summed E-state index contributed by atoms with van der Waals surface area (Å²) in [6, 6.07) is 9.60. The molecule has 3 fully saturated rings. The van der Waals surface area contributed by atoms with Gasteiger partial charge in [-0.25, -0.2) is 0 Å². The minimum absolute atomic E-state index is 0.149. The molecule has 6 nitrogen and oxygen atoms in total. The molecule has 0 aliphatic carbocycles. The Bertz CT molecular complexity index is 682. The smallest absolute Gasteiger partial charge is 0.300 e. The Hall–Kier alpha value is -1.99. The molecule has 3 aliphatic rings. The number of ether oxygens (including phenoxy) is 1. The number of nitrogens with zero attached hydrogens (tertiary/aromatic N) is 3. The SMILES string of the molecule is O=C(NC1CN2CCC1CC2)c1nnc(Oc2ccccc2)s1. The largest absolute Gasteiger partial charge is 0.430 e. The van der Waals surface area contributed by atoms with E-state index in [1.54, 1.807) is 0 Å². The number of hydrogen-bond acceptors (Lipinski definition) is 6. The molecule has 23 heavy (non-hydrogen) atoms. The first-order chi connectivity index (χ1) is 11.3. The predicted molar refractivity (Wildman–Crippen MR) is 86.8 cm³/mol. The summed E-state index contributed by atoms with van der Waals surface area (Å²) in [5, 5.41) is 11.8. The topological polar surface area (TPSA) is 67.4 Å². The van der Waals surface area contributed by atoms with Crippen molar-refractivity contribution in [3.8, 4) is 10.9 Å². The number of para-hydroxylation sites is 1. The monoisotopic (exact) mass is 330 g/mol. The van der Waals surface area contributed by atoms with E-state index in [1.807, 2.05) is 30.3 Å².